The molecule has 1 atom stereocenters. The van der Waals surface area contributed by atoms with Crippen molar-refractivity contribution >= 4 is 6.03 Å². The topological polar surface area (TPSA) is 52.6 Å². The van der Waals surface area contributed by atoms with E-state index in [9.17, 15) is 9.90 Å². The zero-order valence-electron chi connectivity index (χ0n) is 12.4. The molecule has 0 radical (unpaired) electrons. The Morgan fingerprint density at radius 3 is 2.22 bits per heavy atom. The quantitative estimate of drug-likeness (QED) is 0.797. The van der Waals surface area contributed by atoms with Gasteiger partial charge in [0.25, 0.3) is 0 Å². The van der Waals surface area contributed by atoms with Crippen LogP contribution in [0.2, 0.25) is 0 Å². The van der Waals surface area contributed by atoms with Gasteiger partial charge in [0.15, 0.2) is 0 Å². The van der Waals surface area contributed by atoms with E-state index in [1.807, 2.05) is 7.05 Å². The number of carbonyl (C=O) groups excluding carboxylic acids is 1. The lowest BCUT2D eigenvalue weighted by molar-refractivity contribution is 0.110. The van der Waals surface area contributed by atoms with Gasteiger partial charge in [-0.2, -0.15) is 0 Å². The van der Waals surface area contributed by atoms with Gasteiger partial charge in [-0.1, -0.05) is 20.8 Å². The van der Waals surface area contributed by atoms with Crippen molar-refractivity contribution in [3.05, 3.63) is 0 Å². The largest absolute Gasteiger partial charge is 0.393 e. The van der Waals surface area contributed by atoms with Crippen LogP contribution in [0.25, 0.3) is 0 Å². The molecule has 1 rings (SSSR count). The Kier molecular flexibility index (Phi) is 5.02. The monoisotopic (exact) mass is 256 g/mol. The number of hydrogen-bond acceptors (Lipinski definition) is 2. The number of carbonyl (C=O) groups is 1. The van der Waals surface area contributed by atoms with Gasteiger partial charge in [-0.3, -0.25) is 0 Å². The van der Waals surface area contributed by atoms with Crippen LogP contribution in [0.3, 0.4) is 0 Å². The van der Waals surface area contributed by atoms with Gasteiger partial charge in [-0.25, -0.2) is 4.79 Å². The number of aliphatic hydroxyl groups is 1. The van der Waals surface area contributed by atoms with Gasteiger partial charge in [0.2, 0.25) is 0 Å². The SMILES string of the molecule is C[C@@H](N(C)C(=O)NC1CCC(O)CC1)C(C)(C)C. The first-order valence-corrected chi connectivity index (χ1v) is 6.93. The smallest absolute Gasteiger partial charge is 0.317 e. The second kappa shape index (κ2) is 5.91. The molecule has 4 nitrogen and oxygen atoms in total. The number of amides is 2. The number of nitrogens with zero attached hydrogens (tertiary/aromatic N) is 1. The van der Waals surface area contributed by atoms with Crippen molar-refractivity contribution < 1.29 is 9.90 Å². The third kappa shape index (κ3) is 4.16. The van der Waals surface area contributed by atoms with Gasteiger partial charge in [0.05, 0.1) is 6.10 Å². The van der Waals surface area contributed by atoms with Gasteiger partial charge < -0.3 is 15.3 Å². The second-order valence-electron chi connectivity index (χ2n) is 6.61. The normalized spacial score (nSPS) is 26.6. The zero-order chi connectivity index (χ0) is 13.9. The van der Waals surface area contributed by atoms with Gasteiger partial charge in [-0.15, -0.1) is 0 Å². The molecule has 1 aliphatic rings. The highest BCUT2D eigenvalue weighted by atomic mass is 16.3. The maximum absolute atomic E-state index is 12.1. The second-order valence-corrected chi connectivity index (χ2v) is 6.61. The van der Waals surface area contributed by atoms with Crippen LogP contribution in [0.5, 0.6) is 0 Å². The summed E-state index contributed by atoms with van der Waals surface area (Å²) in [6.07, 6.45) is 3.17. The minimum absolute atomic E-state index is 0.00110. The molecule has 18 heavy (non-hydrogen) atoms. The van der Waals surface area contributed by atoms with Crippen LogP contribution in [0.15, 0.2) is 0 Å². The number of hydrogen-bond donors (Lipinski definition) is 2. The third-order valence-corrected chi connectivity index (χ3v) is 4.18. The van der Waals surface area contributed by atoms with Crippen molar-refractivity contribution in [2.24, 2.45) is 5.41 Å². The van der Waals surface area contributed by atoms with Crippen molar-refractivity contribution in [2.45, 2.75) is 71.6 Å². The van der Waals surface area contributed by atoms with E-state index in [1.165, 1.54) is 0 Å². The Morgan fingerprint density at radius 2 is 1.78 bits per heavy atom. The van der Waals surface area contributed by atoms with E-state index in [0.717, 1.165) is 25.7 Å². The highest BCUT2D eigenvalue weighted by molar-refractivity contribution is 5.74. The molecule has 106 valence electrons. The van der Waals surface area contributed by atoms with Crippen LogP contribution in [-0.2, 0) is 0 Å². The Labute approximate surface area is 111 Å². The maximum atomic E-state index is 12.1. The molecule has 0 aromatic rings. The summed E-state index contributed by atoms with van der Waals surface area (Å²) in [6, 6.07) is 0.404. The highest BCUT2D eigenvalue weighted by Crippen LogP contribution is 2.23. The molecule has 1 saturated carbocycles. The third-order valence-electron chi connectivity index (χ3n) is 4.18. The summed E-state index contributed by atoms with van der Waals surface area (Å²) in [5.74, 6) is 0. The van der Waals surface area contributed by atoms with Crippen molar-refractivity contribution in [1.82, 2.24) is 10.2 Å². The Balaban J connectivity index is 2.45. The Hall–Kier alpha value is -0.770. The molecule has 0 aliphatic heterocycles. The first-order chi connectivity index (χ1) is 8.21. The van der Waals surface area contributed by atoms with Gasteiger partial charge >= 0.3 is 6.03 Å². The van der Waals surface area contributed by atoms with E-state index in [4.69, 9.17) is 0 Å². The molecular weight excluding hydrogens is 228 g/mol. The van der Waals surface area contributed by atoms with Crippen LogP contribution >= 0.6 is 0 Å². The summed E-state index contributed by atoms with van der Waals surface area (Å²) < 4.78 is 0. The summed E-state index contributed by atoms with van der Waals surface area (Å²) >= 11 is 0. The number of nitrogens with one attached hydrogen (secondary N) is 1. The molecule has 0 unspecified atom stereocenters. The van der Waals surface area contributed by atoms with Crippen molar-refractivity contribution in [3.8, 4) is 0 Å². The summed E-state index contributed by atoms with van der Waals surface area (Å²) in [6.45, 7) is 8.49. The molecule has 0 bridgehead atoms. The van der Waals surface area contributed by atoms with E-state index in [0.29, 0.717) is 0 Å². The standard InChI is InChI=1S/C14H28N2O2/c1-10(14(2,3)4)16(5)13(18)15-11-6-8-12(17)9-7-11/h10-12,17H,6-9H2,1-5H3,(H,15,18)/t10-,11?,12?/m1/s1. The molecule has 0 spiro atoms. The molecular formula is C14H28N2O2. The first-order valence-electron chi connectivity index (χ1n) is 6.93. The van der Waals surface area contributed by atoms with E-state index >= 15 is 0 Å². The van der Waals surface area contributed by atoms with E-state index in [1.54, 1.807) is 4.90 Å². The van der Waals surface area contributed by atoms with Gasteiger partial charge in [0.1, 0.15) is 0 Å². The molecule has 4 heteroatoms. The van der Waals surface area contributed by atoms with Gasteiger partial charge in [0, 0.05) is 19.1 Å². The van der Waals surface area contributed by atoms with Crippen molar-refractivity contribution in [3.63, 3.8) is 0 Å². The lowest BCUT2D eigenvalue weighted by Crippen LogP contribution is -2.50. The van der Waals surface area contributed by atoms with Crippen LogP contribution < -0.4 is 5.32 Å². The lowest BCUT2D eigenvalue weighted by atomic mass is 9.87. The number of urea groups is 1. The van der Waals surface area contributed by atoms with Crippen LogP contribution in [0.1, 0.15) is 53.4 Å². The average molecular weight is 256 g/mol. The van der Waals surface area contributed by atoms with Crippen LogP contribution in [0, 0.1) is 5.41 Å². The fourth-order valence-electron chi connectivity index (χ4n) is 2.25. The minimum Gasteiger partial charge on any atom is -0.393 e. The van der Waals surface area contributed by atoms with Crippen LogP contribution in [0.4, 0.5) is 4.79 Å². The number of aliphatic hydroxyl groups excluding tert-OH is 1. The average Bonchev–Trinajstić information content (AvgIpc) is 2.29. The van der Waals surface area contributed by atoms with Gasteiger partial charge in [-0.05, 0) is 38.0 Å². The van der Waals surface area contributed by atoms with E-state index in [-0.39, 0.29) is 29.6 Å². The van der Waals surface area contributed by atoms with Crippen molar-refractivity contribution in [2.75, 3.05) is 7.05 Å². The summed E-state index contributed by atoms with van der Waals surface area (Å²) in [5.41, 5.74) is 0.0782. The predicted octanol–water partition coefficient (Wildman–Crippen LogP) is 2.37. The maximum Gasteiger partial charge on any atom is 0.317 e. The molecule has 1 aliphatic carbocycles. The molecule has 2 amide bonds. The summed E-state index contributed by atoms with van der Waals surface area (Å²) in [5, 5.41) is 12.5. The fraction of sp³-hybridized carbons (Fsp3) is 0.929. The van der Waals surface area contributed by atoms with Crippen molar-refractivity contribution in [1.29, 1.82) is 0 Å². The van der Waals surface area contributed by atoms with Crippen LogP contribution in [-0.4, -0.2) is 41.3 Å². The summed E-state index contributed by atoms with van der Waals surface area (Å²) in [4.78, 5) is 13.9. The molecule has 0 aromatic carbocycles. The molecule has 0 heterocycles. The Bertz CT molecular complexity index is 278. The molecule has 0 aromatic heterocycles. The predicted molar refractivity (Wildman–Crippen MR) is 73.5 cm³/mol. The first kappa shape index (κ1) is 15.3. The molecule has 0 saturated heterocycles. The Morgan fingerprint density at radius 1 is 1.28 bits per heavy atom. The van der Waals surface area contributed by atoms with E-state index in [2.05, 4.69) is 33.0 Å². The minimum atomic E-state index is -0.176. The summed E-state index contributed by atoms with van der Waals surface area (Å²) in [7, 11) is 1.85. The zero-order valence-corrected chi connectivity index (χ0v) is 12.4. The molecule has 2 N–H and O–H groups in total. The lowest BCUT2D eigenvalue weighted by Gasteiger charge is -2.36. The number of rotatable bonds is 2. The molecule has 1 fully saturated rings. The van der Waals surface area contributed by atoms with E-state index < -0.39 is 0 Å². The highest BCUT2D eigenvalue weighted by Gasteiger charge is 2.28. The fourth-order valence-corrected chi connectivity index (χ4v) is 2.25.